The molecule has 0 spiro atoms. The van der Waals surface area contributed by atoms with Crippen LogP contribution in [-0.4, -0.2) is 39.1 Å². The van der Waals surface area contributed by atoms with E-state index in [1.54, 1.807) is 0 Å². The zero-order valence-electron chi connectivity index (χ0n) is 12.0. The molecule has 0 radical (unpaired) electrons. The number of nitrogens with zero attached hydrogens (tertiary/aromatic N) is 1. The van der Waals surface area contributed by atoms with Crippen LogP contribution in [0.2, 0.25) is 12.1 Å². The summed E-state index contributed by atoms with van der Waals surface area (Å²) in [6, 6.07) is 12.7. The van der Waals surface area contributed by atoms with Crippen molar-refractivity contribution < 1.29 is 4.74 Å². The molecule has 0 atom stereocenters. The molecule has 1 heterocycles. The Bertz CT molecular complexity index is 439. The van der Waals surface area contributed by atoms with Crippen molar-refractivity contribution in [3.05, 3.63) is 35.9 Å². The second-order valence-electron chi connectivity index (χ2n) is 4.95. The van der Waals surface area contributed by atoms with Gasteiger partial charge in [0.2, 0.25) is 8.24 Å². The van der Waals surface area contributed by atoms with E-state index in [0.717, 1.165) is 31.9 Å². The van der Waals surface area contributed by atoms with Crippen LogP contribution in [0.15, 0.2) is 30.3 Å². The minimum Gasteiger partial charge on any atom is -0.379 e. The third-order valence-corrected chi connectivity index (χ3v) is 8.59. The zero-order valence-corrected chi connectivity index (χ0v) is 13.0. The van der Waals surface area contributed by atoms with E-state index in [9.17, 15) is 0 Å². The van der Waals surface area contributed by atoms with Crippen molar-refractivity contribution in [3.8, 4) is 11.5 Å². The molecule has 1 aromatic carbocycles. The van der Waals surface area contributed by atoms with Crippen LogP contribution < -0.4 is 0 Å². The van der Waals surface area contributed by atoms with Gasteiger partial charge in [-0.1, -0.05) is 38.0 Å². The lowest BCUT2D eigenvalue weighted by molar-refractivity contribution is 0.0691. The van der Waals surface area contributed by atoms with Crippen LogP contribution in [0.5, 0.6) is 0 Å². The Hall–Kier alpha value is -1.08. The molecule has 19 heavy (non-hydrogen) atoms. The van der Waals surface area contributed by atoms with Gasteiger partial charge in [-0.05, 0) is 24.2 Å². The molecular formula is C16H23NOSi. The topological polar surface area (TPSA) is 12.5 Å². The highest BCUT2D eigenvalue weighted by Gasteiger charge is 2.35. The summed E-state index contributed by atoms with van der Waals surface area (Å²) >= 11 is 0. The quantitative estimate of drug-likeness (QED) is 0.620. The average molecular weight is 273 g/mol. The van der Waals surface area contributed by atoms with Crippen molar-refractivity contribution in [2.24, 2.45) is 0 Å². The molecule has 1 aliphatic heterocycles. The molecule has 1 fully saturated rings. The van der Waals surface area contributed by atoms with Gasteiger partial charge >= 0.3 is 0 Å². The second kappa shape index (κ2) is 6.90. The van der Waals surface area contributed by atoms with E-state index in [1.165, 1.54) is 12.1 Å². The largest absolute Gasteiger partial charge is 0.379 e. The first kappa shape index (κ1) is 14.3. The van der Waals surface area contributed by atoms with E-state index in [4.69, 9.17) is 4.74 Å². The molecule has 102 valence electrons. The predicted octanol–water partition coefficient (Wildman–Crippen LogP) is 2.89. The van der Waals surface area contributed by atoms with Crippen LogP contribution in [0, 0.1) is 11.5 Å². The molecule has 1 aliphatic rings. The number of morpholine rings is 1. The molecule has 1 aromatic rings. The Balaban J connectivity index is 2.21. The van der Waals surface area contributed by atoms with Gasteiger partial charge in [-0.3, -0.25) is 0 Å². The lowest BCUT2D eigenvalue weighted by Gasteiger charge is -2.39. The van der Waals surface area contributed by atoms with Gasteiger partial charge in [0, 0.05) is 18.7 Å². The smallest absolute Gasteiger partial charge is 0.210 e. The van der Waals surface area contributed by atoms with E-state index < -0.39 is 8.24 Å². The highest BCUT2D eigenvalue weighted by molar-refractivity contribution is 6.84. The number of ether oxygens (including phenoxy) is 1. The molecule has 1 saturated heterocycles. The summed E-state index contributed by atoms with van der Waals surface area (Å²) in [5.41, 5.74) is 4.81. The summed E-state index contributed by atoms with van der Waals surface area (Å²) in [4.78, 5) is 0. The highest BCUT2D eigenvalue weighted by Crippen LogP contribution is 2.21. The van der Waals surface area contributed by atoms with Crippen molar-refractivity contribution in [1.29, 1.82) is 0 Å². The Kier molecular flexibility index (Phi) is 5.21. The monoisotopic (exact) mass is 273 g/mol. The molecule has 0 amide bonds. The van der Waals surface area contributed by atoms with E-state index in [-0.39, 0.29) is 0 Å². The zero-order chi connectivity index (χ0) is 13.6. The Morgan fingerprint density at radius 2 is 1.74 bits per heavy atom. The molecule has 0 unspecified atom stereocenters. The summed E-state index contributed by atoms with van der Waals surface area (Å²) in [6.45, 7) is 8.42. The number of rotatable bonds is 3. The second-order valence-corrected chi connectivity index (χ2v) is 9.31. The molecule has 0 aromatic heterocycles. The summed E-state index contributed by atoms with van der Waals surface area (Å²) in [5, 5.41) is 0. The standard InChI is InChI=1S/C16H23NOSi/c1-3-19(4-2,17-11-13-18-14-12-17)15-10-16-8-6-5-7-9-16/h5-9H,3-4,11-14H2,1-2H3. The Morgan fingerprint density at radius 3 is 2.32 bits per heavy atom. The first-order valence-electron chi connectivity index (χ1n) is 7.22. The van der Waals surface area contributed by atoms with E-state index >= 15 is 0 Å². The minimum atomic E-state index is -1.63. The number of hydrogen-bond donors (Lipinski definition) is 0. The van der Waals surface area contributed by atoms with Crippen molar-refractivity contribution in [3.63, 3.8) is 0 Å². The summed E-state index contributed by atoms with van der Waals surface area (Å²) in [5.74, 6) is 3.41. The van der Waals surface area contributed by atoms with Crippen LogP contribution in [0.25, 0.3) is 0 Å². The summed E-state index contributed by atoms with van der Waals surface area (Å²) in [6.07, 6.45) is 0. The number of benzene rings is 1. The maximum absolute atomic E-state index is 5.48. The molecule has 2 rings (SSSR count). The molecule has 0 saturated carbocycles. The third kappa shape index (κ3) is 3.47. The average Bonchev–Trinajstić information content (AvgIpc) is 2.51. The van der Waals surface area contributed by atoms with Crippen LogP contribution >= 0.6 is 0 Å². The van der Waals surface area contributed by atoms with Gasteiger partial charge in [0.15, 0.2) is 0 Å². The lowest BCUT2D eigenvalue weighted by Crippen LogP contribution is -2.56. The molecule has 3 heteroatoms. The molecule has 0 bridgehead atoms. The van der Waals surface area contributed by atoms with Gasteiger partial charge in [0.05, 0.1) is 13.2 Å². The lowest BCUT2D eigenvalue weighted by atomic mass is 10.2. The predicted molar refractivity (Wildman–Crippen MR) is 82.4 cm³/mol. The van der Waals surface area contributed by atoms with E-state index in [2.05, 4.69) is 54.1 Å². The van der Waals surface area contributed by atoms with Crippen molar-refractivity contribution in [1.82, 2.24) is 4.57 Å². The minimum absolute atomic E-state index is 0.863. The molecular weight excluding hydrogens is 250 g/mol. The summed E-state index contributed by atoms with van der Waals surface area (Å²) < 4.78 is 8.11. The van der Waals surface area contributed by atoms with Gasteiger partial charge in [0.1, 0.15) is 0 Å². The van der Waals surface area contributed by atoms with Gasteiger partial charge in [-0.15, -0.1) is 5.54 Å². The summed E-state index contributed by atoms with van der Waals surface area (Å²) in [7, 11) is -1.63. The van der Waals surface area contributed by atoms with Crippen molar-refractivity contribution in [2.75, 3.05) is 26.3 Å². The Labute approximate surface area is 117 Å². The fourth-order valence-corrected chi connectivity index (χ4v) is 5.98. The van der Waals surface area contributed by atoms with Crippen LogP contribution in [0.3, 0.4) is 0 Å². The van der Waals surface area contributed by atoms with Gasteiger partial charge in [-0.2, -0.15) is 0 Å². The highest BCUT2D eigenvalue weighted by atomic mass is 28.3. The first-order chi connectivity index (χ1) is 9.30. The van der Waals surface area contributed by atoms with Crippen LogP contribution in [0.4, 0.5) is 0 Å². The molecule has 0 aliphatic carbocycles. The van der Waals surface area contributed by atoms with Crippen LogP contribution in [-0.2, 0) is 4.74 Å². The maximum atomic E-state index is 5.48. The van der Waals surface area contributed by atoms with Gasteiger partial charge < -0.3 is 9.30 Å². The van der Waals surface area contributed by atoms with E-state index in [0.29, 0.717) is 0 Å². The van der Waals surface area contributed by atoms with Gasteiger partial charge in [0.25, 0.3) is 0 Å². The van der Waals surface area contributed by atoms with Gasteiger partial charge in [-0.25, -0.2) is 0 Å². The first-order valence-corrected chi connectivity index (χ1v) is 9.58. The fraction of sp³-hybridized carbons (Fsp3) is 0.500. The maximum Gasteiger partial charge on any atom is 0.210 e. The van der Waals surface area contributed by atoms with Crippen molar-refractivity contribution in [2.45, 2.75) is 25.9 Å². The SMILES string of the molecule is CC[Si](C#Cc1ccccc1)(CC)N1CCOCC1. The normalized spacial score (nSPS) is 16.7. The fourth-order valence-electron chi connectivity index (χ4n) is 2.65. The molecule has 0 N–H and O–H groups in total. The molecule has 2 nitrogen and oxygen atoms in total. The third-order valence-electron chi connectivity index (χ3n) is 4.00. The number of hydrogen-bond acceptors (Lipinski definition) is 2. The van der Waals surface area contributed by atoms with Crippen molar-refractivity contribution >= 4 is 8.24 Å². The van der Waals surface area contributed by atoms with E-state index in [1.807, 2.05) is 6.07 Å². The van der Waals surface area contributed by atoms with Crippen LogP contribution in [0.1, 0.15) is 19.4 Å². The Morgan fingerprint density at radius 1 is 1.11 bits per heavy atom.